The first-order valence-corrected chi connectivity index (χ1v) is 10.2. The van der Waals surface area contributed by atoms with Gasteiger partial charge >= 0.3 is 12.1 Å². The number of halogens is 3. The van der Waals surface area contributed by atoms with E-state index in [1.165, 1.54) is 12.1 Å². The smallest absolute Gasteiger partial charge is 0.416 e. The molecule has 1 N–H and O–H groups in total. The van der Waals surface area contributed by atoms with Crippen molar-refractivity contribution in [1.29, 1.82) is 0 Å². The molecular formula is C26H23F3O4. The van der Waals surface area contributed by atoms with Crippen molar-refractivity contribution in [3.8, 4) is 17.2 Å². The van der Waals surface area contributed by atoms with E-state index in [0.717, 1.165) is 23.3 Å². The normalized spacial score (nSPS) is 11.5. The number of hydrogen-bond acceptors (Lipinski definition) is 3. The van der Waals surface area contributed by atoms with Crippen LogP contribution in [0.2, 0.25) is 0 Å². The third kappa shape index (κ3) is 6.62. The highest BCUT2D eigenvalue weighted by molar-refractivity contribution is 5.71. The first kappa shape index (κ1) is 23.9. The minimum atomic E-state index is -4.35. The lowest BCUT2D eigenvalue weighted by Gasteiger charge is -2.14. The van der Waals surface area contributed by atoms with Crippen molar-refractivity contribution in [1.82, 2.24) is 0 Å². The first-order chi connectivity index (χ1) is 15.6. The molecule has 3 aromatic carbocycles. The number of carboxylic acids is 1. The second-order valence-corrected chi connectivity index (χ2v) is 7.47. The van der Waals surface area contributed by atoms with Gasteiger partial charge < -0.3 is 14.6 Å². The number of benzene rings is 3. The predicted molar refractivity (Wildman–Crippen MR) is 120 cm³/mol. The molecule has 4 nitrogen and oxygen atoms in total. The molecule has 0 radical (unpaired) electrons. The number of hydrogen-bond donors (Lipinski definition) is 1. The molecule has 0 bridgehead atoms. The lowest BCUT2D eigenvalue weighted by atomic mass is 10.0. The van der Waals surface area contributed by atoms with Gasteiger partial charge in [-0.15, -0.1) is 0 Å². The molecule has 0 saturated carbocycles. The summed E-state index contributed by atoms with van der Waals surface area (Å²) in [4.78, 5) is 11.1. The summed E-state index contributed by atoms with van der Waals surface area (Å²) in [5.74, 6) is 0.796. The minimum Gasteiger partial charge on any atom is -0.489 e. The Morgan fingerprint density at radius 3 is 2.39 bits per heavy atom. The number of carboxylic acid groups (broad SMARTS) is 1. The van der Waals surface area contributed by atoms with Crippen LogP contribution < -0.4 is 9.47 Å². The molecule has 172 valence electrons. The molecule has 7 heteroatoms. The van der Waals surface area contributed by atoms with Crippen LogP contribution in [0, 0.1) is 13.8 Å². The second-order valence-electron chi connectivity index (χ2n) is 7.47. The van der Waals surface area contributed by atoms with Crippen molar-refractivity contribution in [3.63, 3.8) is 0 Å². The fourth-order valence-electron chi connectivity index (χ4n) is 3.14. The highest BCUT2D eigenvalue weighted by Gasteiger charge is 2.29. The monoisotopic (exact) mass is 456 g/mol. The third-order valence-electron chi connectivity index (χ3n) is 5.01. The Labute approximate surface area is 189 Å². The van der Waals surface area contributed by atoms with Crippen molar-refractivity contribution < 1.29 is 32.5 Å². The predicted octanol–water partition coefficient (Wildman–Crippen LogP) is 6.83. The molecule has 3 aromatic rings. The van der Waals surface area contributed by atoms with E-state index in [4.69, 9.17) is 14.6 Å². The van der Waals surface area contributed by atoms with E-state index in [-0.39, 0.29) is 13.0 Å². The molecule has 0 aliphatic carbocycles. The van der Waals surface area contributed by atoms with Crippen molar-refractivity contribution in [2.75, 3.05) is 6.61 Å². The average Bonchev–Trinajstić information content (AvgIpc) is 2.75. The molecule has 0 fully saturated rings. The number of aliphatic carboxylic acids is 1. The van der Waals surface area contributed by atoms with Gasteiger partial charge in [-0.3, -0.25) is 4.79 Å². The average molecular weight is 456 g/mol. The Morgan fingerprint density at radius 2 is 1.73 bits per heavy atom. The molecule has 0 atom stereocenters. The van der Waals surface area contributed by atoms with Gasteiger partial charge in [-0.25, -0.2) is 0 Å². The summed E-state index contributed by atoms with van der Waals surface area (Å²) < 4.78 is 49.7. The Hall–Kier alpha value is -3.74. The maximum absolute atomic E-state index is 12.6. The third-order valence-corrected chi connectivity index (χ3v) is 5.01. The molecule has 0 amide bonds. The van der Waals surface area contributed by atoms with Crippen LogP contribution in [0.5, 0.6) is 17.2 Å². The first-order valence-electron chi connectivity index (χ1n) is 10.2. The molecule has 0 spiro atoms. The van der Waals surface area contributed by atoms with Gasteiger partial charge in [0, 0.05) is 6.07 Å². The lowest BCUT2D eigenvalue weighted by molar-refractivity contribution is -0.138. The molecule has 0 unspecified atom stereocenters. The fourth-order valence-corrected chi connectivity index (χ4v) is 3.14. The van der Waals surface area contributed by atoms with E-state index in [1.807, 2.05) is 19.9 Å². The van der Waals surface area contributed by atoms with Crippen LogP contribution >= 0.6 is 0 Å². The Kier molecular flexibility index (Phi) is 7.43. The zero-order valence-electron chi connectivity index (χ0n) is 18.1. The van der Waals surface area contributed by atoms with Gasteiger partial charge in [-0.2, -0.15) is 13.2 Å². The van der Waals surface area contributed by atoms with Crippen LogP contribution in [0.4, 0.5) is 13.2 Å². The standard InChI is InChI=1S/C26H23F3O4/c1-17-8-13-22(32-14-4-5-19-9-11-21(12-10-19)26(27,28)29)16-24(17)33-23-7-3-6-20(18(23)2)15-25(30)31/h3-13,16H,14-15H2,1-2H3,(H,30,31). The van der Waals surface area contributed by atoms with E-state index in [2.05, 4.69) is 0 Å². The van der Waals surface area contributed by atoms with E-state index in [0.29, 0.717) is 28.4 Å². The summed E-state index contributed by atoms with van der Waals surface area (Å²) in [6, 6.07) is 15.5. The number of alkyl halides is 3. The van der Waals surface area contributed by atoms with Gasteiger partial charge in [-0.05, 0) is 66.4 Å². The quantitative estimate of drug-likeness (QED) is 0.404. The maximum atomic E-state index is 12.6. The van der Waals surface area contributed by atoms with Crippen LogP contribution in [0.15, 0.2) is 66.7 Å². The van der Waals surface area contributed by atoms with E-state index < -0.39 is 17.7 Å². The Balaban J connectivity index is 1.65. The largest absolute Gasteiger partial charge is 0.489 e. The molecule has 0 heterocycles. The van der Waals surface area contributed by atoms with Crippen LogP contribution in [-0.4, -0.2) is 17.7 Å². The van der Waals surface area contributed by atoms with Crippen LogP contribution in [0.25, 0.3) is 6.08 Å². The van der Waals surface area contributed by atoms with E-state index in [9.17, 15) is 18.0 Å². The highest BCUT2D eigenvalue weighted by Crippen LogP contribution is 2.32. The number of aryl methyl sites for hydroxylation is 1. The summed E-state index contributed by atoms with van der Waals surface area (Å²) in [6.45, 7) is 3.92. The molecule has 33 heavy (non-hydrogen) atoms. The van der Waals surface area contributed by atoms with Crippen molar-refractivity contribution in [2.45, 2.75) is 26.4 Å². The number of carbonyl (C=O) groups is 1. The zero-order valence-corrected chi connectivity index (χ0v) is 18.1. The SMILES string of the molecule is Cc1ccc(OCC=Cc2ccc(C(F)(F)F)cc2)cc1Oc1cccc(CC(=O)O)c1C. The molecule has 0 aliphatic heterocycles. The lowest BCUT2D eigenvalue weighted by Crippen LogP contribution is -2.04. The highest BCUT2D eigenvalue weighted by atomic mass is 19.4. The summed E-state index contributed by atoms with van der Waals surface area (Å²) in [5, 5.41) is 9.06. The van der Waals surface area contributed by atoms with Gasteiger partial charge in [0.25, 0.3) is 0 Å². The van der Waals surface area contributed by atoms with Crippen molar-refractivity contribution in [3.05, 3.63) is 94.6 Å². The zero-order chi connectivity index (χ0) is 24.0. The Morgan fingerprint density at radius 1 is 1.00 bits per heavy atom. The van der Waals surface area contributed by atoms with Crippen LogP contribution in [-0.2, 0) is 17.4 Å². The second kappa shape index (κ2) is 10.3. The van der Waals surface area contributed by atoms with Gasteiger partial charge in [0.1, 0.15) is 23.9 Å². The number of rotatable bonds is 8. The number of ether oxygens (including phenoxy) is 2. The molecule has 0 aromatic heterocycles. The molecular weight excluding hydrogens is 433 g/mol. The van der Waals surface area contributed by atoms with Gasteiger partial charge in [0.2, 0.25) is 0 Å². The van der Waals surface area contributed by atoms with Gasteiger partial charge in [0.15, 0.2) is 0 Å². The van der Waals surface area contributed by atoms with E-state index >= 15 is 0 Å². The minimum absolute atomic E-state index is 0.0869. The van der Waals surface area contributed by atoms with Crippen molar-refractivity contribution in [2.24, 2.45) is 0 Å². The van der Waals surface area contributed by atoms with Crippen molar-refractivity contribution >= 4 is 12.0 Å². The summed E-state index contributed by atoms with van der Waals surface area (Å²) in [5.41, 5.74) is 2.26. The summed E-state index contributed by atoms with van der Waals surface area (Å²) >= 11 is 0. The molecule has 0 aliphatic rings. The summed E-state index contributed by atoms with van der Waals surface area (Å²) in [7, 11) is 0. The van der Waals surface area contributed by atoms with Gasteiger partial charge in [-0.1, -0.05) is 36.4 Å². The molecule has 3 rings (SSSR count). The molecule has 0 saturated heterocycles. The van der Waals surface area contributed by atoms with Crippen LogP contribution in [0.1, 0.15) is 27.8 Å². The fraction of sp³-hybridized carbons (Fsp3) is 0.192. The van der Waals surface area contributed by atoms with E-state index in [1.54, 1.807) is 42.5 Å². The van der Waals surface area contributed by atoms with Crippen LogP contribution in [0.3, 0.4) is 0 Å². The van der Waals surface area contributed by atoms with Gasteiger partial charge in [0.05, 0.1) is 12.0 Å². The topological polar surface area (TPSA) is 55.8 Å². The Bertz CT molecular complexity index is 1150. The maximum Gasteiger partial charge on any atom is 0.416 e. The summed E-state index contributed by atoms with van der Waals surface area (Å²) in [6.07, 6.45) is -1.05.